The van der Waals surface area contributed by atoms with E-state index in [-0.39, 0.29) is 0 Å². The number of benzene rings is 1. The average molecular weight is 407 g/mol. The van der Waals surface area contributed by atoms with Crippen molar-refractivity contribution in [3.05, 3.63) is 50.0 Å². The van der Waals surface area contributed by atoms with Crippen LogP contribution in [0.25, 0.3) is 0 Å². The van der Waals surface area contributed by atoms with Gasteiger partial charge in [0, 0.05) is 27.3 Å². The van der Waals surface area contributed by atoms with E-state index in [1.165, 1.54) is 0 Å². The average Bonchev–Trinajstić information content (AvgIpc) is 2.37. The molecule has 2 rings (SSSR count). The normalized spacial score (nSPS) is 10.5. The first kappa shape index (κ1) is 14.8. The highest BCUT2D eigenvalue weighted by atomic mass is 79.9. The standard InChI is InChI=1S/C13H11Br2ClN2O/c1-17-6-8-4-10(15)7-18-13(8)19-12-5-9(14)2-3-11(12)16/h2-5,7,17H,6H2,1H3. The molecule has 0 atom stereocenters. The van der Waals surface area contributed by atoms with Gasteiger partial charge in [0.1, 0.15) is 5.75 Å². The minimum absolute atomic E-state index is 0.539. The Labute approximate surface area is 133 Å². The second-order valence-corrected chi connectivity index (χ2v) is 6.06. The lowest BCUT2D eigenvalue weighted by atomic mass is 10.2. The van der Waals surface area contributed by atoms with Crippen molar-refractivity contribution >= 4 is 43.5 Å². The van der Waals surface area contributed by atoms with Gasteiger partial charge in [0.25, 0.3) is 0 Å². The number of ether oxygens (including phenoxy) is 1. The maximum absolute atomic E-state index is 6.11. The Balaban J connectivity index is 2.34. The van der Waals surface area contributed by atoms with Gasteiger partial charge in [-0.05, 0) is 47.2 Å². The van der Waals surface area contributed by atoms with Crippen molar-refractivity contribution < 1.29 is 4.74 Å². The first-order chi connectivity index (χ1) is 9.10. The topological polar surface area (TPSA) is 34.2 Å². The molecular weight excluding hydrogens is 395 g/mol. The minimum atomic E-state index is 0.539. The van der Waals surface area contributed by atoms with Crippen molar-refractivity contribution in [3.8, 4) is 11.6 Å². The molecule has 0 saturated heterocycles. The Bertz CT molecular complexity index is 593. The number of rotatable bonds is 4. The van der Waals surface area contributed by atoms with Crippen LogP contribution in [0.4, 0.5) is 0 Å². The maximum atomic E-state index is 6.11. The van der Waals surface area contributed by atoms with Gasteiger partial charge in [-0.1, -0.05) is 27.5 Å². The fourth-order valence-corrected chi connectivity index (χ4v) is 2.41. The molecule has 2 aromatic rings. The second-order valence-electron chi connectivity index (χ2n) is 3.82. The van der Waals surface area contributed by atoms with Crippen molar-refractivity contribution in [1.29, 1.82) is 0 Å². The van der Waals surface area contributed by atoms with Crippen molar-refractivity contribution in [1.82, 2.24) is 10.3 Å². The van der Waals surface area contributed by atoms with E-state index >= 15 is 0 Å². The van der Waals surface area contributed by atoms with Crippen LogP contribution in [-0.2, 0) is 6.54 Å². The summed E-state index contributed by atoms with van der Waals surface area (Å²) < 4.78 is 7.60. The minimum Gasteiger partial charge on any atom is -0.437 e. The fourth-order valence-electron chi connectivity index (χ4n) is 1.54. The van der Waals surface area contributed by atoms with Crippen LogP contribution in [0, 0.1) is 0 Å². The van der Waals surface area contributed by atoms with Gasteiger partial charge in [-0.3, -0.25) is 0 Å². The Hall–Kier alpha value is -0.620. The van der Waals surface area contributed by atoms with Gasteiger partial charge >= 0.3 is 0 Å². The number of pyridine rings is 1. The zero-order chi connectivity index (χ0) is 13.8. The third-order valence-corrected chi connectivity index (χ3v) is 3.60. The van der Waals surface area contributed by atoms with E-state index in [0.717, 1.165) is 14.5 Å². The largest absolute Gasteiger partial charge is 0.437 e. The lowest BCUT2D eigenvalue weighted by Gasteiger charge is -2.11. The van der Waals surface area contributed by atoms with Crippen LogP contribution in [0.3, 0.4) is 0 Å². The first-order valence-electron chi connectivity index (χ1n) is 5.52. The zero-order valence-electron chi connectivity index (χ0n) is 10.1. The third-order valence-electron chi connectivity index (χ3n) is 2.36. The summed E-state index contributed by atoms with van der Waals surface area (Å²) in [6.07, 6.45) is 1.69. The van der Waals surface area contributed by atoms with Gasteiger partial charge < -0.3 is 10.1 Å². The van der Waals surface area contributed by atoms with Crippen LogP contribution in [0.15, 0.2) is 39.4 Å². The van der Waals surface area contributed by atoms with Crippen molar-refractivity contribution in [2.45, 2.75) is 6.54 Å². The summed E-state index contributed by atoms with van der Waals surface area (Å²) in [4.78, 5) is 4.28. The quantitative estimate of drug-likeness (QED) is 0.794. The third kappa shape index (κ3) is 3.92. The molecule has 0 fully saturated rings. The molecule has 0 aliphatic heterocycles. The summed E-state index contributed by atoms with van der Waals surface area (Å²) in [6, 6.07) is 7.41. The summed E-state index contributed by atoms with van der Waals surface area (Å²) in [5.41, 5.74) is 0.952. The van der Waals surface area contributed by atoms with Gasteiger partial charge in [-0.15, -0.1) is 0 Å². The van der Waals surface area contributed by atoms with E-state index in [2.05, 4.69) is 42.2 Å². The summed E-state index contributed by atoms with van der Waals surface area (Å²) >= 11 is 12.9. The molecule has 1 aromatic heterocycles. The predicted molar refractivity (Wildman–Crippen MR) is 83.9 cm³/mol. The number of nitrogens with one attached hydrogen (secondary N) is 1. The van der Waals surface area contributed by atoms with Crippen molar-refractivity contribution in [2.75, 3.05) is 7.05 Å². The Kier molecular flexibility index (Phi) is 5.21. The molecule has 0 amide bonds. The molecule has 0 aliphatic carbocycles. The second kappa shape index (κ2) is 6.70. The molecule has 0 spiro atoms. The van der Waals surface area contributed by atoms with Crippen LogP contribution in [0.5, 0.6) is 11.6 Å². The van der Waals surface area contributed by atoms with Gasteiger partial charge in [-0.25, -0.2) is 4.98 Å². The van der Waals surface area contributed by atoms with Crippen LogP contribution < -0.4 is 10.1 Å². The fraction of sp³-hybridized carbons (Fsp3) is 0.154. The van der Waals surface area contributed by atoms with Crippen molar-refractivity contribution in [2.24, 2.45) is 0 Å². The Morgan fingerprint density at radius 1 is 1.26 bits per heavy atom. The number of hydrogen-bond donors (Lipinski definition) is 1. The molecular formula is C13H11Br2ClN2O. The highest BCUT2D eigenvalue weighted by molar-refractivity contribution is 9.10. The molecule has 0 unspecified atom stereocenters. The zero-order valence-corrected chi connectivity index (χ0v) is 14.0. The molecule has 0 bridgehead atoms. The van der Waals surface area contributed by atoms with Crippen molar-refractivity contribution in [3.63, 3.8) is 0 Å². The summed E-state index contributed by atoms with van der Waals surface area (Å²) in [5, 5.41) is 3.63. The summed E-state index contributed by atoms with van der Waals surface area (Å²) in [6.45, 7) is 0.660. The predicted octanol–water partition coefficient (Wildman–Crippen LogP) is 4.77. The highest BCUT2D eigenvalue weighted by Crippen LogP contribution is 2.33. The van der Waals surface area contributed by atoms with E-state index < -0.39 is 0 Å². The van der Waals surface area contributed by atoms with Gasteiger partial charge in [0.15, 0.2) is 0 Å². The van der Waals surface area contributed by atoms with E-state index in [1.807, 2.05) is 25.2 Å². The van der Waals surface area contributed by atoms with Crippen LogP contribution in [0.2, 0.25) is 5.02 Å². The molecule has 3 nitrogen and oxygen atoms in total. The number of nitrogens with zero attached hydrogens (tertiary/aromatic N) is 1. The first-order valence-corrected chi connectivity index (χ1v) is 7.48. The molecule has 19 heavy (non-hydrogen) atoms. The van der Waals surface area contributed by atoms with Gasteiger partial charge in [0.05, 0.1) is 5.02 Å². The molecule has 1 N–H and O–H groups in total. The SMILES string of the molecule is CNCc1cc(Br)cnc1Oc1cc(Br)ccc1Cl. The summed E-state index contributed by atoms with van der Waals surface area (Å²) in [7, 11) is 1.87. The molecule has 6 heteroatoms. The molecule has 0 radical (unpaired) electrons. The number of hydrogen-bond acceptors (Lipinski definition) is 3. The molecule has 1 heterocycles. The van der Waals surface area contributed by atoms with Crippen LogP contribution >= 0.6 is 43.5 Å². The Morgan fingerprint density at radius 2 is 2.05 bits per heavy atom. The lowest BCUT2D eigenvalue weighted by Crippen LogP contribution is -2.07. The van der Waals surface area contributed by atoms with Gasteiger partial charge in [-0.2, -0.15) is 0 Å². The maximum Gasteiger partial charge on any atom is 0.223 e. The molecule has 0 saturated carbocycles. The monoisotopic (exact) mass is 404 g/mol. The number of aromatic nitrogens is 1. The lowest BCUT2D eigenvalue weighted by molar-refractivity contribution is 0.454. The van der Waals surface area contributed by atoms with E-state index in [0.29, 0.717) is 23.2 Å². The van der Waals surface area contributed by atoms with E-state index in [9.17, 15) is 0 Å². The summed E-state index contributed by atoms with van der Waals surface area (Å²) in [5.74, 6) is 1.11. The molecule has 1 aromatic carbocycles. The molecule has 0 aliphatic rings. The van der Waals surface area contributed by atoms with E-state index in [4.69, 9.17) is 16.3 Å². The molecule has 100 valence electrons. The highest BCUT2D eigenvalue weighted by Gasteiger charge is 2.10. The van der Waals surface area contributed by atoms with Crippen LogP contribution in [0.1, 0.15) is 5.56 Å². The smallest absolute Gasteiger partial charge is 0.223 e. The van der Waals surface area contributed by atoms with Crippen LogP contribution in [-0.4, -0.2) is 12.0 Å². The Morgan fingerprint density at radius 3 is 2.79 bits per heavy atom. The number of halogens is 3. The van der Waals surface area contributed by atoms with Gasteiger partial charge in [0.2, 0.25) is 5.88 Å². The van der Waals surface area contributed by atoms with E-state index in [1.54, 1.807) is 12.3 Å².